The van der Waals surface area contributed by atoms with Crippen molar-refractivity contribution in [3.8, 4) is 17.2 Å². The Bertz CT molecular complexity index is 1040. The maximum atomic E-state index is 13.3. The fraction of sp³-hybridized carbons (Fsp3) is 0.440. The normalized spacial score (nSPS) is 18.7. The van der Waals surface area contributed by atoms with Crippen molar-refractivity contribution in [2.75, 3.05) is 32.6 Å². The van der Waals surface area contributed by atoms with E-state index >= 15 is 0 Å². The molecular weight excluding hydrogens is 408 g/mol. The largest absolute Gasteiger partial charge is 0.507 e. The van der Waals surface area contributed by atoms with Crippen LogP contribution in [0.2, 0.25) is 0 Å². The maximum Gasteiger partial charge on any atom is 0.228 e. The minimum atomic E-state index is -0.429. The van der Waals surface area contributed by atoms with Crippen LogP contribution in [0.15, 0.2) is 30.3 Å². The third-order valence-corrected chi connectivity index (χ3v) is 6.44. The van der Waals surface area contributed by atoms with E-state index in [9.17, 15) is 14.7 Å². The van der Waals surface area contributed by atoms with Gasteiger partial charge in [0.25, 0.3) is 0 Å². The molecule has 1 fully saturated rings. The van der Waals surface area contributed by atoms with Crippen molar-refractivity contribution in [1.82, 2.24) is 4.90 Å². The number of amides is 2. The lowest BCUT2D eigenvalue weighted by atomic mass is 9.85. The van der Waals surface area contributed by atoms with Gasteiger partial charge in [0, 0.05) is 48.8 Å². The molecule has 1 saturated heterocycles. The number of anilines is 1. The Kier molecular flexibility index (Phi) is 6.26. The summed E-state index contributed by atoms with van der Waals surface area (Å²) in [7, 11) is 3.06. The second-order valence-corrected chi connectivity index (χ2v) is 8.75. The Labute approximate surface area is 188 Å². The molecule has 4 rings (SSSR count). The van der Waals surface area contributed by atoms with Crippen LogP contribution < -0.4 is 14.8 Å². The molecule has 2 aliphatic rings. The van der Waals surface area contributed by atoms with Crippen molar-refractivity contribution in [2.24, 2.45) is 5.92 Å². The fourth-order valence-corrected chi connectivity index (χ4v) is 4.80. The number of phenolic OH excluding ortho intramolecular Hbond substituents is 1. The van der Waals surface area contributed by atoms with Crippen LogP contribution in [0.4, 0.5) is 5.69 Å². The summed E-state index contributed by atoms with van der Waals surface area (Å²) in [6.07, 6.45) is 2.63. The van der Waals surface area contributed by atoms with Gasteiger partial charge in [0.1, 0.15) is 17.2 Å². The number of likely N-dealkylation sites (tertiary alicyclic amines) is 1. The van der Waals surface area contributed by atoms with Crippen LogP contribution in [-0.2, 0) is 16.0 Å². The number of methoxy groups -OCH3 is 2. The van der Waals surface area contributed by atoms with Crippen LogP contribution in [0, 0.1) is 5.92 Å². The molecule has 7 heteroatoms. The predicted octanol–water partition coefficient (Wildman–Crippen LogP) is 3.68. The van der Waals surface area contributed by atoms with Gasteiger partial charge >= 0.3 is 0 Å². The van der Waals surface area contributed by atoms with E-state index < -0.39 is 5.92 Å². The molecule has 2 aliphatic heterocycles. The van der Waals surface area contributed by atoms with Crippen LogP contribution >= 0.6 is 0 Å². The van der Waals surface area contributed by atoms with Gasteiger partial charge in [-0.2, -0.15) is 0 Å². The number of hydrogen-bond acceptors (Lipinski definition) is 5. The third-order valence-electron chi connectivity index (χ3n) is 6.44. The summed E-state index contributed by atoms with van der Waals surface area (Å²) in [4.78, 5) is 27.1. The first-order chi connectivity index (χ1) is 15.4. The van der Waals surface area contributed by atoms with Crippen molar-refractivity contribution in [1.29, 1.82) is 0 Å². The number of hydrogen-bond donors (Lipinski definition) is 2. The zero-order chi connectivity index (χ0) is 22.8. The summed E-state index contributed by atoms with van der Waals surface area (Å²) in [5.41, 5.74) is 3.09. The first-order valence-electron chi connectivity index (χ1n) is 11.0. The van der Waals surface area contributed by atoms with Crippen LogP contribution in [0.3, 0.4) is 0 Å². The summed E-state index contributed by atoms with van der Waals surface area (Å²) >= 11 is 0. The Balaban J connectivity index is 1.75. The Hall–Kier alpha value is -3.22. The number of benzene rings is 2. The molecule has 2 heterocycles. The topological polar surface area (TPSA) is 88.1 Å². The molecule has 2 unspecified atom stereocenters. The van der Waals surface area contributed by atoms with Gasteiger partial charge in [-0.05, 0) is 36.0 Å². The molecular formula is C25H30N2O5. The summed E-state index contributed by atoms with van der Waals surface area (Å²) in [6.45, 7) is 3.67. The minimum Gasteiger partial charge on any atom is -0.507 e. The van der Waals surface area contributed by atoms with Gasteiger partial charge in [-0.3, -0.25) is 9.59 Å². The monoisotopic (exact) mass is 438 g/mol. The van der Waals surface area contributed by atoms with Gasteiger partial charge in [-0.15, -0.1) is 0 Å². The molecule has 0 spiro atoms. The van der Waals surface area contributed by atoms with Gasteiger partial charge < -0.3 is 24.8 Å². The van der Waals surface area contributed by atoms with Crippen molar-refractivity contribution < 1.29 is 24.2 Å². The number of aromatic hydroxyl groups is 1. The number of phenols is 1. The number of carbonyl (C=O) groups is 2. The number of fused-ring (bicyclic) bond motifs is 1. The average Bonchev–Trinajstić information content (AvgIpc) is 3.16. The average molecular weight is 439 g/mol. The number of piperidine rings is 1. The molecule has 0 radical (unpaired) electrons. The number of rotatable bonds is 6. The first kappa shape index (κ1) is 22.0. The molecule has 170 valence electrons. The second-order valence-electron chi connectivity index (χ2n) is 8.75. The van der Waals surface area contributed by atoms with Crippen molar-refractivity contribution >= 4 is 17.5 Å². The molecule has 0 saturated carbocycles. The lowest BCUT2D eigenvalue weighted by Crippen LogP contribution is -2.39. The standard InChI is InChI=1S/C25H30N2O5/c1-15-5-4-8-27(14-15)24(30)13-19(16-6-7-20-17(9-16)10-23(29)26-20)25-21(28)11-18(31-2)12-22(25)32-3/h6-7,9,11-12,15,19,28H,4-5,8,10,13-14H2,1-3H3,(H,26,29). The molecule has 2 aromatic rings. The number of nitrogens with zero attached hydrogens (tertiary/aromatic N) is 1. The van der Waals surface area contributed by atoms with Crippen molar-refractivity contribution in [3.63, 3.8) is 0 Å². The SMILES string of the molecule is COc1cc(O)c(C(CC(=O)N2CCCC(C)C2)c2ccc3c(c2)CC(=O)N3)c(OC)c1. The number of nitrogens with one attached hydrogen (secondary N) is 1. The van der Waals surface area contributed by atoms with E-state index in [2.05, 4.69) is 12.2 Å². The van der Waals surface area contributed by atoms with Gasteiger partial charge in [0.2, 0.25) is 11.8 Å². The molecule has 2 atom stereocenters. The zero-order valence-corrected chi connectivity index (χ0v) is 18.8. The van der Waals surface area contributed by atoms with E-state index in [1.54, 1.807) is 6.07 Å². The van der Waals surface area contributed by atoms with E-state index in [0.29, 0.717) is 29.4 Å². The molecule has 2 aromatic carbocycles. The van der Waals surface area contributed by atoms with E-state index in [4.69, 9.17) is 9.47 Å². The molecule has 7 nitrogen and oxygen atoms in total. The molecule has 0 aliphatic carbocycles. The Morgan fingerprint density at radius 2 is 2.06 bits per heavy atom. The van der Waals surface area contributed by atoms with Gasteiger partial charge in [-0.25, -0.2) is 0 Å². The summed E-state index contributed by atoms with van der Waals surface area (Å²) < 4.78 is 10.9. The zero-order valence-electron chi connectivity index (χ0n) is 18.8. The summed E-state index contributed by atoms with van der Waals surface area (Å²) in [5, 5.41) is 13.8. The van der Waals surface area contributed by atoms with Crippen LogP contribution in [0.25, 0.3) is 0 Å². The van der Waals surface area contributed by atoms with Gasteiger partial charge in [0.15, 0.2) is 0 Å². The highest BCUT2D eigenvalue weighted by molar-refractivity contribution is 5.99. The second kappa shape index (κ2) is 9.10. The quantitative estimate of drug-likeness (QED) is 0.718. The highest BCUT2D eigenvalue weighted by atomic mass is 16.5. The first-order valence-corrected chi connectivity index (χ1v) is 11.0. The van der Waals surface area contributed by atoms with Gasteiger partial charge in [0.05, 0.1) is 20.6 Å². The smallest absolute Gasteiger partial charge is 0.228 e. The lowest BCUT2D eigenvalue weighted by Gasteiger charge is -2.32. The fourth-order valence-electron chi connectivity index (χ4n) is 4.80. The minimum absolute atomic E-state index is 0.0145. The van der Waals surface area contributed by atoms with E-state index in [-0.39, 0.29) is 24.0 Å². The Morgan fingerprint density at radius 1 is 1.25 bits per heavy atom. The van der Waals surface area contributed by atoms with Gasteiger partial charge in [-0.1, -0.05) is 19.1 Å². The predicted molar refractivity (Wildman–Crippen MR) is 121 cm³/mol. The maximum absolute atomic E-state index is 13.3. The summed E-state index contributed by atoms with van der Waals surface area (Å²) in [6, 6.07) is 8.98. The van der Waals surface area contributed by atoms with E-state index in [0.717, 1.165) is 42.7 Å². The summed E-state index contributed by atoms with van der Waals surface area (Å²) in [5.74, 6) is 1.00. The van der Waals surface area contributed by atoms with E-state index in [1.165, 1.54) is 20.3 Å². The molecule has 2 N–H and O–H groups in total. The highest BCUT2D eigenvalue weighted by Gasteiger charge is 2.30. The molecule has 0 aromatic heterocycles. The number of carbonyl (C=O) groups excluding carboxylic acids is 2. The molecule has 0 bridgehead atoms. The number of ether oxygens (including phenoxy) is 2. The van der Waals surface area contributed by atoms with Crippen LogP contribution in [-0.4, -0.2) is 49.1 Å². The van der Waals surface area contributed by atoms with Crippen molar-refractivity contribution in [3.05, 3.63) is 47.0 Å². The lowest BCUT2D eigenvalue weighted by molar-refractivity contribution is -0.133. The van der Waals surface area contributed by atoms with E-state index in [1.807, 2.05) is 23.1 Å². The van der Waals surface area contributed by atoms with Crippen LogP contribution in [0.5, 0.6) is 17.2 Å². The highest BCUT2D eigenvalue weighted by Crippen LogP contribution is 2.44. The van der Waals surface area contributed by atoms with Crippen LogP contribution in [0.1, 0.15) is 48.8 Å². The Morgan fingerprint density at radius 3 is 2.78 bits per heavy atom. The third kappa shape index (κ3) is 4.38. The molecule has 2 amide bonds. The van der Waals surface area contributed by atoms with Crippen molar-refractivity contribution in [2.45, 2.75) is 38.5 Å². The molecule has 32 heavy (non-hydrogen) atoms.